The van der Waals surface area contributed by atoms with E-state index in [0.717, 1.165) is 0 Å². The lowest BCUT2D eigenvalue weighted by atomic mass is 10.2. The highest BCUT2D eigenvalue weighted by molar-refractivity contribution is 9.10. The second kappa shape index (κ2) is 5.46. The van der Waals surface area contributed by atoms with Crippen LogP contribution >= 0.6 is 27.5 Å². The highest BCUT2D eigenvalue weighted by atomic mass is 79.9. The highest BCUT2D eigenvalue weighted by Gasteiger charge is 2.18. The highest BCUT2D eigenvalue weighted by Crippen LogP contribution is 2.38. The van der Waals surface area contributed by atoms with Crippen molar-refractivity contribution in [3.05, 3.63) is 45.4 Å². The number of rotatable bonds is 2. The lowest BCUT2D eigenvalue weighted by molar-refractivity contribution is 0.102. The maximum absolute atomic E-state index is 12.2. The van der Waals surface area contributed by atoms with Crippen molar-refractivity contribution in [2.45, 2.75) is 0 Å². The molecule has 1 amide bonds. The molecular formula is C14H10BrClN2O3. The van der Waals surface area contributed by atoms with Crippen molar-refractivity contribution in [3.8, 4) is 11.5 Å². The van der Waals surface area contributed by atoms with Gasteiger partial charge >= 0.3 is 0 Å². The van der Waals surface area contributed by atoms with Gasteiger partial charge in [-0.15, -0.1) is 0 Å². The number of fused-ring (bicyclic) bond motifs is 1. The third-order valence-corrected chi connectivity index (χ3v) is 4.19. The van der Waals surface area contributed by atoms with Gasteiger partial charge in [-0.1, -0.05) is 11.6 Å². The van der Waals surface area contributed by atoms with Crippen molar-refractivity contribution in [1.82, 2.24) is 0 Å². The van der Waals surface area contributed by atoms with E-state index in [0.29, 0.717) is 37.9 Å². The summed E-state index contributed by atoms with van der Waals surface area (Å²) in [7, 11) is 0. The van der Waals surface area contributed by atoms with Crippen LogP contribution in [0.25, 0.3) is 0 Å². The summed E-state index contributed by atoms with van der Waals surface area (Å²) in [4.78, 5) is 12.2. The molecule has 1 heterocycles. The van der Waals surface area contributed by atoms with Gasteiger partial charge in [0.15, 0.2) is 11.5 Å². The molecule has 0 atom stereocenters. The number of nitrogen functional groups attached to an aromatic ring is 1. The number of nitrogens with two attached hydrogens (primary N) is 1. The van der Waals surface area contributed by atoms with Crippen LogP contribution in [0.3, 0.4) is 0 Å². The van der Waals surface area contributed by atoms with E-state index in [1.165, 1.54) is 0 Å². The minimum atomic E-state index is -0.294. The molecule has 0 unspecified atom stereocenters. The van der Waals surface area contributed by atoms with Crippen LogP contribution in [-0.4, -0.2) is 12.7 Å². The molecule has 3 rings (SSSR count). The van der Waals surface area contributed by atoms with E-state index < -0.39 is 0 Å². The number of anilines is 2. The third kappa shape index (κ3) is 2.77. The normalized spacial score (nSPS) is 12.3. The molecule has 2 aromatic carbocycles. The summed E-state index contributed by atoms with van der Waals surface area (Å²) in [6, 6.07) is 8.17. The Kier molecular flexibility index (Phi) is 3.65. The van der Waals surface area contributed by atoms with Crippen LogP contribution in [0.4, 0.5) is 11.4 Å². The van der Waals surface area contributed by atoms with Crippen LogP contribution in [0, 0.1) is 0 Å². The van der Waals surface area contributed by atoms with Gasteiger partial charge in [0, 0.05) is 22.2 Å². The van der Waals surface area contributed by atoms with Crippen LogP contribution < -0.4 is 20.5 Å². The molecule has 21 heavy (non-hydrogen) atoms. The standard InChI is InChI=1S/C14H10BrClN2O3/c15-8-3-7(1-2-9(8)16)14(19)18-11-5-13-12(4-10(11)17)20-6-21-13/h1-5H,6,17H2,(H,18,19). The van der Waals surface area contributed by atoms with E-state index >= 15 is 0 Å². The molecule has 0 fully saturated rings. The second-order valence-electron chi connectivity index (χ2n) is 4.38. The summed E-state index contributed by atoms with van der Waals surface area (Å²) < 4.78 is 11.1. The molecule has 0 saturated heterocycles. The van der Waals surface area contributed by atoms with E-state index in [2.05, 4.69) is 21.2 Å². The summed E-state index contributed by atoms with van der Waals surface area (Å²) in [5.74, 6) is 0.828. The zero-order chi connectivity index (χ0) is 15.0. The molecule has 0 aliphatic carbocycles. The van der Waals surface area contributed by atoms with E-state index in [-0.39, 0.29) is 12.7 Å². The summed E-state index contributed by atoms with van der Waals surface area (Å²) in [5, 5.41) is 3.28. The lowest BCUT2D eigenvalue weighted by Crippen LogP contribution is -2.13. The maximum atomic E-state index is 12.2. The number of hydrogen-bond donors (Lipinski definition) is 2. The number of hydrogen-bond acceptors (Lipinski definition) is 4. The Hall–Kier alpha value is -1.92. The lowest BCUT2D eigenvalue weighted by Gasteiger charge is -2.10. The summed E-state index contributed by atoms with van der Waals surface area (Å²) in [6.45, 7) is 0.149. The minimum Gasteiger partial charge on any atom is -0.454 e. The zero-order valence-corrected chi connectivity index (χ0v) is 13.0. The van der Waals surface area contributed by atoms with Gasteiger partial charge in [0.2, 0.25) is 6.79 Å². The van der Waals surface area contributed by atoms with Gasteiger partial charge in [-0.2, -0.15) is 0 Å². The minimum absolute atomic E-state index is 0.149. The first-order chi connectivity index (χ1) is 10.0. The van der Waals surface area contributed by atoms with Crippen LogP contribution in [0.15, 0.2) is 34.8 Å². The summed E-state index contributed by atoms with van der Waals surface area (Å²) >= 11 is 9.19. The van der Waals surface area contributed by atoms with Crippen molar-refractivity contribution in [1.29, 1.82) is 0 Å². The Morgan fingerprint density at radius 1 is 1.24 bits per heavy atom. The first-order valence-corrected chi connectivity index (χ1v) is 7.17. The topological polar surface area (TPSA) is 73.6 Å². The van der Waals surface area contributed by atoms with Crippen LogP contribution in [0.5, 0.6) is 11.5 Å². The predicted octanol–water partition coefficient (Wildman–Crippen LogP) is 3.67. The Balaban J connectivity index is 1.86. The van der Waals surface area contributed by atoms with Crippen molar-refractivity contribution < 1.29 is 14.3 Å². The van der Waals surface area contributed by atoms with E-state index in [4.69, 9.17) is 26.8 Å². The quantitative estimate of drug-likeness (QED) is 0.792. The van der Waals surface area contributed by atoms with Crippen molar-refractivity contribution in [2.75, 3.05) is 17.8 Å². The smallest absolute Gasteiger partial charge is 0.255 e. The van der Waals surface area contributed by atoms with E-state index in [1.54, 1.807) is 30.3 Å². The molecule has 1 aliphatic rings. The molecule has 2 aromatic rings. The predicted molar refractivity (Wildman–Crippen MR) is 84.1 cm³/mol. The van der Waals surface area contributed by atoms with Gasteiger partial charge < -0.3 is 20.5 Å². The first kappa shape index (κ1) is 14.0. The van der Waals surface area contributed by atoms with Gasteiger partial charge in [-0.25, -0.2) is 0 Å². The monoisotopic (exact) mass is 368 g/mol. The van der Waals surface area contributed by atoms with E-state index in [9.17, 15) is 4.79 Å². The van der Waals surface area contributed by atoms with Gasteiger partial charge in [0.25, 0.3) is 5.91 Å². The van der Waals surface area contributed by atoms with Crippen LogP contribution in [0.2, 0.25) is 5.02 Å². The number of benzene rings is 2. The molecule has 3 N–H and O–H groups in total. The Morgan fingerprint density at radius 2 is 1.95 bits per heavy atom. The average molecular weight is 370 g/mol. The third-order valence-electron chi connectivity index (χ3n) is 2.97. The molecule has 0 bridgehead atoms. The molecule has 0 radical (unpaired) electrons. The van der Waals surface area contributed by atoms with E-state index in [1.807, 2.05) is 0 Å². The van der Waals surface area contributed by atoms with Crippen molar-refractivity contribution >= 4 is 44.8 Å². The summed E-state index contributed by atoms with van der Waals surface area (Å²) in [5.41, 5.74) is 7.23. The number of amides is 1. The maximum Gasteiger partial charge on any atom is 0.255 e. The zero-order valence-electron chi connectivity index (χ0n) is 10.7. The molecule has 7 heteroatoms. The number of carbonyl (C=O) groups is 1. The van der Waals surface area contributed by atoms with Crippen LogP contribution in [-0.2, 0) is 0 Å². The average Bonchev–Trinajstić information content (AvgIpc) is 2.89. The molecule has 108 valence electrons. The largest absolute Gasteiger partial charge is 0.454 e. The Morgan fingerprint density at radius 3 is 2.67 bits per heavy atom. The number of nitrogens with one attached hydrogen (secondary N) is 1. The Labute approximate surface area is 134 Å². The Bertz CT molecular complexity index is 736. The second-order valence-corrected chi connectivity index (χ2v) is 5.64. The molecule has 1 aliphatic heterocycles. The van der Waals surface area contributed by atoms with Gasteiger partial charge in [0.05, 0.1) is 16.4 Å². The van der Waals surface area contributed by atoms with Gasteiger partial charge in [-0.3, -0.25) is 4.79 Å². The fourth-order valence-electron chi connectivity index (χ4n) is 1.90. The van der Waals surface area contributed by atoms with Gasteiger partial charge in [-0.05, 0) is 34.1 Å². The molecular weight excluding hydrogens is 360 g/mol. The van der Waals surface area contributed by atoms with Crippen LogP contribution in [0.1, 0.15) is 10.4 Å². The molecule has 0 spiro atoms. The molecule has 0 aromatic heterocycles. The van der Waals surface area contributed by atoms with Gasteiger partial charge in [0.1, 0.15) is 0 Å². The van der Waals surface area contributed by atoms with Crippen molar-refractivity contribution in [3.63, 3.8) is 0 Å². The first-order valence-electron chi connectivity index (χ1n) is 6.00. The number of carbonyl (C=O) groups excluding carboxylic acids is 1. The summed E-state index contributed by atoms with van der Waals surface area (Å²) in [6.07, 6.45) is 0. The molecule has 5 nitrogen and oxygen atoms in total. The number of ether oxygens (including phenoxy) is 2. The fraction of sp³-hybridized carbons (Fsp3) is 0.0714. The fourth-order valence-corrected chi connectivity index (χ4v) is 2.39. The number of halogens is 2. The van der Waals surface area contributed by atoms with Crippen molar-refractivity contribution in [2.24, 2.45) is 0 Å². The molecule has 0 saturated carbocycles. The SMILES string of the molecule is Nc1cc2c(cc1NC(=O)c1ccc(Cl)c(Br)c1)OCO2.